The summed E-state index contributed by atoms with van der Waals surface area (Å²) in [4.78, 5) is 77.9. The fourth-order valence-electron chi connectivity index (χ4n) is 7.06. The first kappa shape index (κ1) is 42.4. The van der Waals surface area contributed by atoms with Crippen LogP contribution in [0.25, 0.3) is 0 Å². The van der Waals surface area contributed by atoms with Crippen LogP contribution in [0.3, 0.4) is 0 Å². The van der Waals surface area contributed by atoms with Crippen molar-refractivity contribution < 1.29 is 81.3 Å². The summed E-state index contributed by atoms with van der Waals surface area (Å²) in [6.07, 6.45) is -12.0. The number of aliphatic hydroxyl groups excluding tert-OH is 1. The van der Waals surface area contributed by atoms with Crippen molar-refractivity contribution >= 4 is 46.9 Å². The molecule has 304 valence electrons. The second-order valence-electron chi connectivity index (χ2n) is 13.6. The summed E-state index contributed by atoms with van der Waals surface area (Å²) in [5.74, 6) is -8.36. The molecule has 7 atom stereocenters. The number of carbonyl (C=O) groups is 6. The number of nitrogens with one attached hydrogen (secondary N) is 2. The highest BCUT2D eigenvalue weighted by Crippen LogP contribution is 2.52. The Morgan fingerprint density at radius 2 is 1.77 bits per heavy atom. The number of phenols is 2. The average Bonchev–Trinajstić information content (AvgIpc) is 3.13. The number of Topliss-reactive ketones (excluding diaryl/α,β-unsaturated/α-hetero) is 1. The van der Waals surface area contributed by atoms with Gasteiger partial charge in [-0.1, -0.05) is 12.1 Å². The number of methoxy groups -OCH3 is 1. The van der Waals surface area contributed by atoms with E-state index in [1.165, 1.54) is 50.9 Å². The van der Waals surface area contributed by atoms with Gasteiger partial charge in [-0.15, -0.1) is 0 Å². The number of hydrogen-bond acceptors (Lipinski definition) is 15. The molecule has 0 saturated carbocycles. The quantitative estimate of drug-likeness (QED) is 0.112. The van der Waals surface area contributed by atoms with Crippen molar-refractivity contribution in [2.24, 2.45) is 0 Å². The largest absolute Gasteiger partial charge is 0.507 e. The molecule has 1 heterocycles. The molecule has 0 radical (unpaired) electrons. The predicted octanol–water partition coefficient (Wildman–Crippen LogP) is 1.53. The Morgan fingerprint density at radius 1 is 1.09 bits per heavy atom. The van der Waals surface area contributed by atoms with E-state index in [1.54, 1.807) is 11.6 Å². The van der Waals surface area contributed by atoms with Gasteiger partial charge >= 0.3 is 18.1 Å². The van der Waals surface area contributed by atoms with Crippen molar-refractivity contribution in [2.45, 2.75) is 88.0 Å². The maximum atomic E-state index is 14.0. The van der Waals surface area contributed by atoms with Crippen molar-refractivity contribution in [2.75, 3.05) is 25.7 Å². The Kier molecular flexibility index (Phi) is 12.4. The molecule has 5 unspecified atom stereocenters. The molecular weight excluding hydrogens is 773 g/mol. The zero-order valence-corrected chi connectivity index (χ0v) is 31.2. The Morgan fingerprint density at radius 3 is 2.39 bits per heavy atom. The molecule has 0 spiro atoms. The maximum Gasteiger partial charge on any atom is 0.471 e. The number of fused-ring (bicyclic) bond motifs is 3. The average molecular weight is 813 g/mol. The zero-order chi connectivity index (χ0) is 41.4. The standard InChI is InChI=1S/C36H39F3N2O14S/c1-14-28(44)19(41-34(50)36(37,38)39)10-23(54-14)55-21-12-35(51,22(43)13-53-33(49)18(8-9-56-4)40-15(2)42)11-17-25(21)32(48)27-26(30(17)46)29(45)16-6-5-7-20(52-3)24(16)31(27)47/h5-7,14,18-19,21,23,28,44,46,48,51H,8-13H2,1-4H3,(H,40,42)(H,41,50)/t14?,18?,19?,21-,23?,28?,35-/m0/s1. The van der Waals surface area contributed by atoms with E-state index in [9.17, 15) is 62.4 Å². The number of amides is 2. The molecule has 0 bridgehead atoms. The number of benzene rings is 2. The molecule has 1 aliphatic heterocycles. The first-order valence-corrected chi connectivity index (χ1v) is 18.5. The molecule has 0 aromatic heterocycles. The van der Waals surface area contributed by atoms with E-state index in [4.69, 9.17) is 18.9 Å². The first-order valence-electron chi connectivity index (χ1n) is 17.2. The molecule has 2 amide bonds. The molecular formula is C36H39F3N2O14S. The number of rotatable bonds is 12. The monoisotopic (exact) mass is 812 g/mol. The van der Waals surface area contributed by atoms with Gasteiger partial charge in [0.25, 0.3) is 0 Å². The summed E-state index contributed by atoms with van der Waals surface area (Å²) >= 11 is 1.37. The second-order valence-corrected chi connectivity index (χ2v) is 14.5. The molecule has 2 aromatic carbocycles. The third kappa shape index (κ3) is 8.20. The van der Waals surface area contributed by atoms with Gasteiger partial charge in [0.15, 0.2) is 18.7 Å². The van der Waals surface area contributed by atoms with Crippen molar-refractivity contribution in [3.8, 4) is 17.2 Å². The van der Waals surface area contributed by atoms with Gasteiger partial charge in [-0.05, 0) is 31.4 Å². The van der Waals surface area contributed by atoms with Gasteiger partial charge < -0.3 is 50.0 Å². The van der Waals surface area contributed by atoms with Gasteiger partial charge in [0, 0.05) is 42.9 Å². The van der Waals surface area contributed by atoms with Crippen LogP contribution in [0.4, 0.5) is 13.2 Å². The van der Waals surface area contributed by atoms with Crippen molar-refractivity contribution in [3.63, 3.8) is 0 Å². The summed E-state index contributed by atoms with van der Waals surface area (Å²) in [6.45, 7) is 1.37. The van der Waals surface area contributed by atoms with Crippen LogP contribution in [0.15, 0.2) is 18.2 Å². The smallest absolute Gasteiger partial charge is 0.471 e. The molecule has 1 saturated heterocycles. The fraction of sp³-hybridized carbons (Fsp3) is 0.500. The number of aromatic hydroxyl groups is 2. The Hall–Kier alpha value is -4.76. The number of aliphatic hydroxyl groups is 2. The molecule has 6 N–H and O–H groups in total. The van der Waals surface area contributed by atoms with Gasteiger partial charge in [0.05, 0.1) is 42.0 Å². The van der Waals surface area contributed by atoms with Gasteiger partial charge in [-0.2, -0.15) is 24.9 Å². The number of phenolic OH excluding ortho intramolecular Hbond substituents is 2. The maximum absolute atomic E-state index is 14.0. The lowest BCUT2D eigenvalue weighted by atomic mass is 9.72. The third-order valence-electron chi connectivity index (χ3n) is 9.81. The molecule has 20 heteroatoms. The van der Waals surface area contributed by atoms with Crippen LogP contribution in [0.2, 0.25) is 0 Å². The Labute approximate surface area is 321 Å². The number of ketones is 3. The second kappa shape index (κ2) is 16.4. The number of ether oxygens (including phenoxy) is 4. The van der Waals surface area contributed by atoms with Crippen LogP contribution in [0, 0.1) is 0 Å². The summed E-state index contributed by atoms with van der Waals surface area (Å²) in [5.41, 5.74) is -5.19. The van der Waals surface area contributed by atoms with E-state index in [2.05, 4.69) is 5.32 Å². The minimum atomic E-state index is -5.31. The van der Waals surface area contributed by atoms with E-state index < -0.39 is 143 Å². The summed E-state index contributed by atoms with van der Waals surface area (Å²) in [6, 6.07) is 1.34. The Balaban J connectivity index is 1.56. The molecule has 56 heavy (non-hydrogen) atoms. The number of halogens is 3. The van der Waals surface area contributed by atoms with Gasteiger partial charge in [-0.3, -0.25) is 24.0 Å². The number of thioether (sulfide) groups is 1. The van der Waals surface area contributed by atoms with E-state index in [1.807, 2.05) is 0 Å². The van der Waals surface area contributed by atoms with E-state index >= 15 is 0 Å². The Bertz CT molecular complexity index is 1960. The molecule has 5 rings (SSSR count). The number of carbonyl (C=O) groups excluding carboxylic acids is 6. The van der Waals surface area contributed by atoms with Crippen molar-refractivity contribution in [1.82, 2.24) is 10.6 Å². The summed E-state index contributed by atoms with van der Waals surface area (Å²) < 4.78 is 61.5. The van der Waals surface area contributed by atoms with Gasteiger partial charge in [0.2, 0.25) is 17.5 Å². The lowest BCUT2D eigenvalue weighted by Crippen LogP contribution is -2.57. The first-order chi connectivity index (χ1) is 26.2. The highest BCUT2D eigenvalue weighted by molar-refractivity contribution is 7.98. The third-order valence-corrected chi connectivity index (χ3v) is 10.5. The van der Waals surface area contributed by atoms with E-state index in [0.717, 1.165) is 0 Å². The van der Waals surface area contributed by atoms with Crippen LogP contribution in [0.5, 0.6) is 17.2 Å². The molecule has 1 fully saturated rings. The summed E-state index contributed by atoms with van der Waals surface area (Å²) in [5, 5.41) is 50.1. The van der Waals surface area contributed by atoms with Crippen LogP contribution >= 0.6 is 11.8 Å². The molecule has 3 aliphatic rings. The lowest BCUT2D eigenvalue weighted by molar-refractivity contribution is -0.250. The van der Waals surface area contributed by atoms with Crippen molar-refractivity contribution in [3.05, 3.63) is 51.6 Å². The predicted molar refractivity (Wildman–Crippen MR) is 186 cm³/mol. The van der Waals surface area contributed by atoms with E-state index in [0.29, 0.717) is 5.75 Å². The fourth-order valence-corrected chi connectivity index (χ4v) is 7.53. The van der Waals surface area contributed by atoms with E-state index in [-0.39, 0.29) is 23.3 Å². The molecule has 2 aromatic rings. The van der Waals surface area contributed by atoms with Crippen molar-refractivity contribution in [1.29, 1.82) is 0 Å². The van der Waals surface area contributed by atoms with Crippen LogP contribution < -0.4 is 15.4 Å². The van der Waals surface area contributed by atoms with Crippen LogP contribution in [0.1, 0.15) is 82.2 Å². The molecule has 16 nitrogen and oxygen atoms in total. The highest BCUT2D eigenvalue weighted by atomic mass is 32.2. The number of hydrogen-bond donors (Lipinski definition) is 6. The highest BCUT2D eigenvalue weighted by Gasteiger charge is 2.51. The number of esters is 1. The lowest BCUT2D eigenvalue weighted by Gasteiger charge is -2.43. The SMILES string of the molecule is COc1cccc2c1C(=O)c1c(O)c3c(c(O)c1C2=O)C[C@@](O)(C(=O)COC(=O)C(CCSC)NC(C)=O)C[C@@H]3OC1CC(NC(=O)C(F)(F)F)C(O)C(C)O1. The summed E-state index contributed by atoms with van der Waals surface area (Å²) in [7, 11) is 1.24. The number of alkyl halides is 3. The zero-order valence-electron chi connectivity index (χ0n) is 30.4. The minimum absolute atomic E-state index is 0.0327. The van der Waals surface area contributed by atoms with Gasteiger partial charge in [0.1, 0.15) is 35.0 Å². The molecule has 2 aliphatic carbocycles. The topological polar surface area (TPSA) is 244 Å². The van der Waals surface area contributed by atoms with Gasteiger partial charge in [-0.25, -0.2) is 4.79 Å². The minimum Gasteiger partial charge on any atom is -0.507 e. The van der Waals surface area contributed by atoms with Crippen LogP contribution in [-0.2, 0) is 39.8 Å². The normalized spacial score (nSPS) is 24.9. The van der Waals surface area contributed by atoms with Crippen LogP contribution in [-0.4, -0.2) is 124 Å².